The van der Waals surface area contributed by atoms with Gasteiger partial charge in [0.25, 0.3) is 0 Å². The number of nitrogens with two attached hydrogens (primary N) is 1. The van der Waals surface area contributed by atoms with E-state index in [1.807, 2.05) is 0 Å². The fraction of sp³-hybridized carbons (Fsp3) is 0.571. The molecule has 0 spiro atoms. The van der Waals surface area contributed by atoms with Gasteiger partial charge in [0.15, 0.2) is 0 Å². The molecular formula is C14H22N2O. The van der Waals surface area contributed by atoms with Gasteiger partial charge >= 0.3 is 0 Å². The lowest BCUT2D eigenvalue weighted by atomic mass is 9.91. The molecule has 0 amide bonds. The van der Waals surface area contributed by atoms with Crippen molar-refractivity contribution < 1.29 is 4.74 Å². The van der Waals surface area contributed by atoms with Crippen molar-refractivity contribution in [3.63, 3.8) is 0 Å². The molecule has 2 N–H and O–H groups in total. The van der Waals surface area contributed by atoms with Crippen molar-refractivity contribution in [2.24, 2.45) is 5.73 Å². The van der Waals surface area contributed by atoms with E-state index in [4.69, 9.17) is 10.5 Å². The van der Waals surface area contributed by atoms with Crippen LogP contribution in [0, 0.1) is 13.8 Å². The molecule has 1 heterocycles. The van der Waals surface area contributed by atoms with E-state index in [0.29, 0.717) is 5.92 Å². The van der Waals surface area contributed by atoms with Crippen molar-refractivity contribution in [2.75, 3.05) is 27.2 Å². The largest absolute Gasteiger partial charge is 0.496 e. The van der Waals surface area contributed by atoms with Crippen molar-refractivity contribution >= 4 is 0 Å². The summed E-state index contributed by atoms with van der Waals surface area (Å²) >= 11 is 0. The Bertz CT molecular complexity index is 417. The van der Waals surface area contributed by atoms with Crippen LogP contribution in [0.2, 0.25) is 0 Å². The Hall–Kier alpha value is -1.06. The number of likely N-dealkylation sites (N-methyl/N-ethyl adjacent to an activating group) is 1. The van der Waals surface area contributed by atoms with Crippen molar-refractivity contribution in [1.82, 2.24) is 4.90 Å². The molecule has 1 saturated heterocycles. The van der Waals surface area contributed by atoms with Crippen LogP contribution >= 0.6 is 0 Å². The van der Waals surface area contributed by atoms with Crippen LogP contribution in [0.4, 0.5) is 0 Å². The SMILES string of the molecule is COc1cc(C)c(C)cc1C1CN(C)CC1N. The highest BCUT2D eigenvalue weighted by atomic mass is 16.5. The van der Waals surface area contributed by atoms with Gasteiger partial charge in [-0.2, -0.15) is 0 Å². The molecule has 1 aliphatic rings. The molecule has 1 aromatic carbocycles. The summed E-state index contributed by atoms with van der Waals surface area (Å²) in [4.78, 5) is 2.28. The average molecular weight is 234 g/mol. The molecule has 0 bridgehead atoms. The van der Waals surface area contributed by atoms with Gasteiger partial charge in [0.05, 0.1) is 7.11 Å². The number of nitrogens with zero attached hydrogens (tertiary/aromatic N) is 1. The highest BCUT2D eigenvalue weighted by molar-refractivity contribution is 5.45. The minimum Gasteiger partial charge on any atom is -0.496 e. The van der Waals surface area contributed by atoms with Crippen LogP contribution < -0.4 is 10.5 Å². The summed E-state index contributed by atoms with van der Waals surface area (Å²) < 4.78 is 5.50. The summed E-state index contributed by atoms with van der Waals surface area (Å²) in [5.74, 6) is 1.36. The van der Waals surface area contributed by atoms with Crippen LogP contribution in [0.5, 0.6) is 5.75 Å². The lowest BCUT2D eigenvalue weighted by Gasteiger charge is -2.19. The lowest BCUT2D eigenvalue weighted by Crippen LogP contribution is -2.28. The molecule has 1 aliphatic heterocycles. The first kappa shape index (κ1) is 12.4. The molecule has 1 fully saturated rings. The zero-order chi connectivity index (χ0) is 12.6. The summed E-state index contributed by atoms with van der Waals surface area (Å²) in [6.45, 7) is 6.23. The van der Waals surface area contributed by atoms with Crippen LogP contribution in [0.25, 0.3) is 0 Å². The van der Waals surface area contributed by atoms with Gasteiger partial charge in [0.1, 0.15) is 5.75 Å². The van der Waals surface area contributed by atoms with Crippen molar-refractivity contribution in [2.45, 2.75) is 25.8 Å². The van der Waals surface area contributed by atoms with Gasteiger partial charge in [0, 0.05) is 30.6 Å². The molecule has 0 aromatic heterocycles. The van der Waals surface area contributed by atoms with E-state index in [-0.39, 0.29) is 6.04 Å². The van der Waals surface area contributed by atoms with Crippen LogP contribution in [-0.2, 0) is 0 Å². The van der Waals surface area contributed by atoms with Gasteiger partial charge in [-0.15, -0.1) is 0 Å². The van der Waals surface area contributed by atoms with Crippen LogP contribution in [0.15, 0.2) is 12.1 Å². The van der Waals surface area contributed by atoms with Crippen molar-refractivity contribution in [3.05, 3.63) is 28.8 Å². The molecule has 0 aliphatic carbocycles. The maximum atomic E-state index is 6.22. The Morgan fingerprint density at radius 1 is 1.24 bits per heavy atom. The quantitative estimate of drug-likeness (QED) is 0.846. The predicted octanol–water partition coefficient (Wildman–Crippen LogP) is 1.67. The van der Waals surface area contributed by atoms with Gasteiger partial charge in [0.2, 0.25) is 0 Å². The minimum atomic E-state index is 0.205. The van der Waals surface area contributed by atoms with E-state index < -0.39 is 0 Å². The number of ether oxygens (including phenoxy) is 1. The predicted molar refractivity (Wildman–Crippen MR) is 70.7 cm³/mol. The van der Waals surface area contributed by atoms with Gasteiger partial charge in [-0.05, 0) is 38.1 Å². The summed E-state index contributed by atoms with van der Waals surface area (Å²) in [5.41, 5.74) is 10.0. The second kappa shape index (κ2) is 4.67. The molecule has 2 atom stereocenters. The fourth-order valence-electron chi connectivity index (χ4n) is 2.64. The molecule has 1 aromatic rings. The first-order valence-corrected chi connectivity index (χ1v) is 6.12. The van der Waals surface area contributed by atoms with Gasteiger partial charge in [-0.25, -0.2) is 0 Å². The van der Waals surface area contributed by atoms with Gasteiger partial charge in [-0.1, -0.05) is 6.07 Å². The second-order valence-corrected chi connectivity index (χ2v) is 5.17. The molecule has 2 unspecified atom stereocenters. The molecule has 17 heavy (non-hydrogen) atoms. The maximum Gasteiger partial charge on any atom is 0.122 e. The monoisotopic (exact) mass is 234 g/mol. The number of hydrogen-bond acceptors (Lipinski definition) is 3. The highest BCUT2D eigenvalue weighted by Gasteiger charge is 2.31. The summed E-state index contributed by atoms with van der Waals surface area (Å²) in [6.07, 6.45) is 0. The number of rotatable bonds is 2. The second-order valence-electron chi connectivity index (χ2n) is 5.17. The van der Waals surface area contributed by atoms with Crippen molar-refractivity contribution in [3.8, 4) is 5.75 Å². The summed E-state index contributed by atoms with van der Waals surface area (Å²) in [7, 11) is 3.85. The highest BCUT2D eigenvalue weighted by Crippen LogP contribution is 2.34. The smallest absolute Gasteiger partial charge is 0.122 e. The Labute approximate surface area is 104 Å². The topological polar surface area (TPSA) is 38.5 Å². The van der Waals surface area contributed by atoms with E-state index in [2.05, 4.69) is 37.9 Å². The van der Waals surface area contributed by atoms with E-state index >= 15 is 0 Å². The minimum absolute atomic E-state index is 0.205. The third-order valence-corrected chi connectivity index (χ3v) is 3.79. The van der Waals surface area contributed by atoms with Gasteiger partial charge in [-0.3, -0.25) is 0 Å². The molecular weight excluding hydrogens is 212 g/mol. The lowest BCUT2D eigenvalue weighted by molar-refractivity contribution is 0.395. The van der Waals surface area contributed by atoms with Crippen molar-refractivity contribution in [1.29, 1.82) is 0 Å². The van der Waals surface area contributed by atoms with Crippen LogP contribution in [-0.4, -0.2) is 38.2 Å². The molecule has 0 saturated carbocycles. The van der Waals surface area contributed by atoms with E-state index in [9.17, 15) is 0 Å². The molecule has 0 radical (unpaired) electrons. The normalized spacial score (nSPS) is 25.2. The van der Waals surface area contributed by atoms with E-state index in [0.717, 1.165) is 18.8 Å². The standard InChI is InChI=1S/C14H22N2O/c1-9-5-11(14(17-4)6-10(9)2)12-7-16(3)8-13(12)15/h5-6,12-13H,7-8,15H2,1-4H3. The number of benzene rings is 1. The van der Waals surface area contributed by atoms with Crippen LogP contribution in [0.1, 0.15) is 22.6 Å². The average Bonchev–Trinajstić information content (AvgIpc) is 2.61. The third kappa shape index (κ3) is 2.31. The fourth-order valence-corrected chi connectivity index (χ4v) is 2.64. The molecule has 2 rings (SSSR count). The van der Waals surface area contributed by atoms with Crippen LogP contribution in [0.3, 0.4) is 0 Å². The molecule has 3 heteroatoms. The molecule has 3 nitrogen and oxygen atoms in total. The number of likely N-dealkylation sites (tertiary alicyclic amines) is 1. The van der Waals surface area contributed by atoms with E-state index in [1.54, 1.807) is 7.11 Å². The zero-order valence-corrected chi connectivity index (χ0v) is 11.2. The Morgan fingerprint density at radius 2 is 1.88 bits per heavy atom. The Kier molecular flexibility index (Phi) is 3.40. The number of aryl methyl sites for hydroxylation is 2. The third-order valence-electron chi connectivity index (χ3n) is 3.79. The zero-order valence-electron chi connectivity index (χ0n) is 11.2. The van der Waals surface area contributed by atoms with Gasteiger partial charge < -0.3 is 15.4 Å². The summed E-state index contributed by atoms with van der Waals surface area (Å²) in [5, 5.41) is 0. The summed E-state index contributed by atoms with van der Waals surface area (Å²) in [6, 6.07) is 4.56. The Balaban J connectivity index is 2.40. The number of hydrogen-bond donors (Lipinski definition) is 1. The van der Waals surface area contributed by atoms with E-state index in [1.165, 1.54) is 16.7 Å². The maximum absolute atomic E-state index is 6.22. The Morgan fingerprint density at radius 3 is 2.41 bits per heavy atom. The number of methoxy groups -OCH3 is 1. The molecule has 94 valence electrons. The first-order valence-electron chi connectivity index (χ1n) is 6.12. The first-order chi connectivity index (χ1) is 8.02.